The molecule has 0 aliphatic rings. The minimum Gasteiger partial charge on any atom is -0.320 e. The maximum atomic E-state index is 12.2. The lowest BCUT2D eigenvalue weighted by Gasteiger charge is -2.09. The van der Waals surface area contributed by atoms with Gasteiger partial charge in [0.25, 0.3) is 5.91 Å². The average Bonchev–Trinajstić information content (AvgIpc) is 2.48. The van der Waals surface area contributed by atoms with Gasteiger partial charge in [-0.25, -0.2) is 0 Å². The van der Waals surface area contributed by atoms with Gasteiger partial charge >= 0.3 is 0 Å². The van der Waals surface area contributed by atoms with Crippen LogP contribution in [0.2, 0.25) is 0 Å². The van der Waals surface area contributed by atoms with Crippen molar-refractivity contribution in [1.29, 1.82) is 0 Å². The molecule has 0 unspecified atom stereocenters. The Labute approximate surface area is 116 Å². The summed E-state index contributed by atoms with van der Waals surface area (Å²) in [5, 5.41) is 3.86. The van der Waals surface area contributed by atoms with E-state index in [2.05, 4.69) is 15.3 Å². The lowest BCUT2D eigenvalue weighted by atomic mass is 10.1. The molecule has 2 heterocycles. The second kappa shape index (κ2) is 5.09. The first-order valence-corrected chi connectivity index (χ1v) is 6.32. The number of fused-ring (bicyclic) bond motifs is 1. The van der Waals surface area contributed by atoms with Gasteiger partial charge in [-0.3, -0.25) is 14.8 Å². The summed E-state index contributed by atoms with van der Waals surface area (Å²) < 4.78 is 0. The van der Waals surface area contributed by atoms with E-state index >= 15 is 0 Å². The van der Waals surface area contributed by atoms with Crippen molar-refractivity contribution >= 4 is 22.5 Å². The summed E-state index contributed by atoms with van der Waals surface area (Å²) in [7, 11) is 0. The number of hydrogen-bond donors (Lipinski definition) is 1. The SMILES string of the molecule is Cc1ccnc2cccc(NC(=O)c3ccccn3)c12. The van der Waals surface area contributed by atoms with Gasteiger partial charge in [0.2, 0.25) is 0 Å². The first-order valence-electron chi connectivity index (χ1n) is 6.32. The highest BCUT2D eigenvalue weighted by Gasteiger charge is 2.10. The predicted molar refractivity (Wildman–Crippen MR) is 78.7 cm³/mol. The van der Waals surface area contributed by atoms with Crippen LogP contribution in [0.1, 0.15) is 16.1 Å². The van der Waals surface area contributed by atoms with Crippen molar-refractivity contribution in [3.8, 4) is 0 Å². The summed E-state index contributed by atoms with van der Waals surface area (Å²) in [4.78, 5) is 20.5. The van der Waals surface area contributed by atoms with Crippen LogP contribution in [-0.4, -0.2) is 15.9 Å². The zero-order valence-electron chi connectivity index (χ0n) is 11.0. The Hall–Kier alpha value is -2.75. The number of aryl methyl sites for hydroxylation is 1. The fourth-order valence-electron chi connectivity index (χ4n) is 2.16. The molecule has 1 aromatic carbocycles. The molecule has 0 spiro atoms. The van der Waals surface area contributed by atoms with E-state index in [1.54, 1.807) is 30.6 Å². The molecule has 0 radical (unpaired) electrons. The van der Waals surface area contributed by atoms with E-state index in [9.17, 15) is 4.79 Å². The molecule has 0 fully saturated rings. The Kier molecular flexibility index (Phi) is 3.13. The zero-order valence-corrected chi connectivity index (χ0v) is 11.0. The maximum absolute atomic E-state index is 12.2. The first kappa shape index (κ1) is 12.3. The van der Waals surface area contributed by atoms with Crippen molar-refractivity contribution in [2.75, 3.05) is 5.32 Å². The Morgan fingerprint density at radius 3 is 2.70 bits per heavy atom. The van der Waals surface area contributed by atoms with Crippen molar-refractivity contribution in [2.45, 2.75) is 6.92 Å². The summed E-state index contributed by atoms with van der Waals surface area (Å²) in [5.41, 5.74) is 3.09. The third kappa shape index (κ3) is 2.23. The number of nitrogens with zero attached hydrogens (tertiary/aromatic N) is 2. The van der Waals surface area contributed by atoms with Gasteiger partial charge in [-0.05, 0) is 42.8 Å². The third-order valence-corrected chi connectivity index (χ3v) is 3.12. The second-order valence-electron chi connectivity index (χ2n) is 4.50. The number of carbonyl (C=O) groups excluding carboxylic acids is 1. The second-order valence-corrected chi connectivity index (χ2v) is 4.50. The molecule has 0 saturated carbocycles. The van der Waals surface area contributed by atoms with Crippen LogP contribution in [0.4, 0.5) is 5.69 Å². The Balaban J connectivity index is 2.02. The number of benzene rings is 1. The molecule has 20 heavy (non-hydrogen) atoms. The van der Waals surface area contributed by atoms with Crippen molar-refractivity contribution in [3.63, 3.8) is 0 Å². The molecular formula is C16H13N3O. The molecule has 3 rings (SSSR count). The summed E-state index contributed by atoms with van der Waals surface area (Å²) in [5.74, 6) is -0.221. The van der Waals surface area contributed by atoms with Crippen molar-refractivity contribution in [1.82, 2.24) is 9.97 Å². The molecule has 0 aliphatic carbocycles. The van der Waals surface area contributed by atoms with Crippen LogP contribution in [0.15, 0.2) is 54.9 Å². The van der Waals surface area contributed by atoms with Gasteiger partial charge in [-0.15, -0.1) is 0 Å². The van der Waals surface area contributed by atoms with Crippen LogP contribution in [0, 0.1) is 6.92 Å². The van der Waals surface area contributed by atoms with E-state index in [0.717, 1.165) is 22.2 Å². The minimum absolute atomic E-state index is 0.221. The van der Waals surface area contributed by atoms with E-state index in [1.165, 1.54) is 0 Å². The van der Waals surface area contributed by atoms with E-state index in [-0.39, 0.29) is 5.91 Å². The van der Waals surface area contributed by atoms with Gasteiger partial charge in [-0.2, -0.15) is 0 Å². The molecule has 2 aromatic heterocycles. The molecule has 98 valence electrons. The standard InChI is InChI=1S/C16H13N3O/c1-11-8-10-18-12-6-4-7-13(15(11)12)19-16(20)14-5-2-3-9-17-14/h2-10H,1H3,(H,19,20). The number of rotatable bonds is 2. The van der Waals surface area contributed by atoms with Gasteiger partial charge in [-0.1, -0.05) is 12.1 Å². The van der Waals surface area contributed by atoms with Gasteiger partial charge in [0, 0.05) is 17.8 Å². The van der Waals surface area contributed by atoms with Crippen LogP contribution in [0.25, 0.3) is 10.9 Å². The Bertz CT molecular complexity index is 764. The van der Waals surface area contributed by atoms with E-state index in [1.807, 2.05) is 31.2 Å². The smallest absolute Gasteiger partial charge is 0.274 e. The van der Waals surface area contributed by atoms with Crippen LogP contribution >= 0.6 is 0 Å². The van der Waals surface area contributed by atoms with Crippen LogP contribution in [-0.2, 0) is 0 Å². The molecule has 3 aromatic rings. The number of nitrogens with one attached hydrogen (secondary N) is 1. The van der Waals surface area contributed by atoms with E-state index < -0.39 is 0 Å². The Morgan fingerprint density at radius 1 is 1.00 bits per heavy atom. The van der Waals surface area contributed by atoms with Crippen molar-refractivity contribution in [2.24, 2.45) is 0 Å². The molecule has 0 aliphatic heterocycles. The molecule has 0 atom stereocenters. The average molecular weight is 263 g/mol. The largest absolute Gasteiger partial charge is 0.320 e. The van der Waals surface area contributed by atoms with Gasteiger partial charge in [0.1, 0.15) is 5.69 Å². The summed E-state index contributed by atoms with van der Waals surface area (Å²) >= 11 is 0. The highest BCUT2D eigenvalue weighted by Crippen LogP contribution is 2.25. The number of aromatic nitrogens is 2. The monoisotopic (exact) mass is 263 g/mol. The topological polar surface area (TPSA) is 54.9 Å². The Morgan fingerprint density at radius 2 is 1.90 bits per heavy atom. The number of pyridine rings is 2. The predicted octanol–water partition coefficient (Wildman–Crippen LogP) is 3.19. The van der Waals surface area contributed by atoms with Crippen LogP contribution in [0.5, 0.6) is 0 Å². The molecule has 4 nitrogen and oxygen atoms in total. The molecule has 0 saturated heterocycles. The molecule has 4 heteroatoms. The van der Waals surface area contributed by atoms with Gasteiger partial charge in [0.15, 0.2) is 0 Å². The summed E-state index contributed by atoms with van der Waals surface area (Å²) in [6, 6.07) is 12.9. The number of anilines is 1. The molecular weight excluding hydrogens is 250 g/mol. The van der Waals surface area contributed by atoms with E-state index in [4.69, 9.17) is 0 Å². The fourth-order valence-corrected chi connectivity index (χ4v) is 2.16. The van der Waals surface area contributed by atoms with Gasteiger partial charge < -0.3 is 5.32 Å². The molecule has 1 N–H and O–H groups in total. The third-order valence-electron chi connectivity index (χ3n) is 3.12. The minimum atomic E-state index is -0.221. The van der Waals surface area contributed by atoms with Crippen LogP contribution < -0.4 is 5.32 Å². The van der Waals surface area contributed by atoms with Gasteiger partial charge in [0.05, 0.1) is 11.2 Å². The molecule has 1 amide bonds. The lowest BCUT2D eigenvalue weighted by Crippen LogP contribution is -2.13. The van der Waals surface area contributed by atoms with Crippen molar-refractivity contribution < 1.29 is 4.79 Å². The number of amides is 1. The highest BCUT2D eigenvalue weighted by atomic mass is 16.1. The van der Waals surface area contributed by atoms with Crippen molar-refractivity contribution in [3.05, 3.63) is 66.1 Å². The fraction of sp³-hybridized carbons (Fsp3) is 0.0625. The molecule has 0 bridgehead atoms. The lowest BCUT2D eigenvalue weighted by molar-refractivity contribution is 0.102. The number of hydrogen-bond acceptors (Lipinski definition) is 3. The summed E-state index contributed by atoms with van der Waals surface area (Å²) in [6.45, 7) is 2.00. The normalized spacial score (nSPS) is 10.4. The van der Waals surface area contributed by atoms with Crippen LogP contribution in [0.3, 0.4) is 0 Å². The maximum Gasteiger partial charge on any atom is 0.274 e. The zero-order chi connectivity index (χ0) is 13.9. The highest BCUT2D eigenvalue weighted by molar-refractivity contribution is 6.08. The first-order chi connectivity index (χ1) is 9.75. The van der Waals surface area contributed by atoms with E-state index in [0.29, 0.717) is 5.69 Å². The summed E-state index contributed by atoms with van der Waals surface area (Å²) in [6.07, 6.45) is 3.37. The quantitative estimate of drug-likeness (QED) is 0.772. The number of carbonyl (C=O) groups is 1.